The van der Waals surface area contributed by atoms with Crippen LogP contribution >= 0.6 is 23.2 Å². The summed E-state index contributed by atoms with van der Waals surface area (Å²) in [6, 6.07) is 6.30. The summed E-state index contributed by atoms with van der Waals surface area (Å²) >= 11 is 12.3. The van der Waals surface area contributed by atoms with Crippen LogP contribution in [0.4, 0.5) is 0 Å². The third kappa shape index (κ3) is 4.35. The molecule has 19 heavy (non-hydrogen) atoms. The number of benzene rings is 1. The predicted molar refractivity (Wildman–Crippen MR) is 83.0 cm³/mol. The molecule has 0 amide bonds. The fourth-order valence-electron chi connectivity index (χ4n) is 2.67. The fourth-order valence-corrected chi connectivity index (χ4v) is 3.04. The molecule has 1 heterocycles. The van der Waals surface area contributed by atoms with Crippen LogP contribution < -0.4 is 5.32 Å². The molecule has 106 valence electrons. The van der Waals surface area contributed by atoms with Crippen molar-refractivity contribution in [1.82, 2.24) is 10.2 Å². The lowest BCUT2D eigenvalue weighted by Gasteiger charge is -2.37. The van der Waals surface area contributed by atoms with Gasteiger partial charge in [0.1, 0.15) is 0 Å². The lowest BCUT2D eigenvalue weighted by atomic mass is 10.00. The Labute approximate surface area is 126 Å². The van der Waals surface area contributed by atoms with Crippen molar-refractivity contribution >= 4 is 23.2 Å². The van der Waals surface area contributed by atoms with Crippen LogP contribution in [0.5, 0.6) is 0 Å². The summed E-state index contributed by atoms with van der Waals surface area (Å²) in [6.45, 7) is 8.63. The second-order valence-electron chi connectivity index (χ2n) is 5.69. The molecule has 1 saturated heterocycles. The molecule has 0 spiro atoms. The summed E-state index contributed by atoms with van der Waals surface area (Å²) in [5, 5.41) is 5.05. The van der Waals surface area contributed by atoms with Crippen LogP contribution in [0.15, 0.2) is 18.2 Å². The van der Waals surface area contributed by atoms with Crippen LogP contribution in [0.3, 0.4) is 0 Å². The zero-order valence-corrected chi connectivity index (χ0v) is 13.1. The summed E-state index contributed by atoms with van der Waals surface area (Å²) in [5.74, 6) is 0.710. The minimum Gasteiger partial charge on any atom is -0.314 e. The van der Waals surface area contributed by atoms with Gasteiger partial charge in [-0.25, -0.2) is 0 Å². The summed E-state index contributed by atoms with van der Waals surface area (Å²) < 4.78 is 0. The summed E-state index contributed by atoms with van der Waals surface area (Å²) in [5.41, 5.74) is 1.13. The van der Waals surface area contributed by atoms with E-state index >= 15 is 0 Å². The van der Waals surface area contributed by atoms with Crippen molar-refractivity contribution in [2.75, 3.05) is 19.6 Å². The molecular weight excluding hydrogens is 279 g/mol. The highest BCUT2D eigenvalue weighted by atomic mass is 35.5. The van der Waals surface area contributed by atoms with Crippen molar-refractivity contribution in [3.63, 3.8) is 0 Å². The maximum absolute atomic E-state index is 6.27. The molecule has 0 radical (unpaired) electrons. The quantitative estimate of drug-likeness (QED) is 0.909. The zero-order chi connectivity index (χ0) is 13.8. The average molecular weight is 301 g/mol. The maximum atomic E-state index is 6.27. The van der Waals surface area contributed by atoms with Gasteiger partial charge in [0, 0.05) is 42.3 Å². The molecule has 0 bridgehead atoms. The van der Waals surface area contributed by atoms with E-state index in [2.05, 4.69) is 24.1 Å². The smallest absolute Gasteiger partial charge is 0.0452 e. The van der Waals surface area contributed by atoms with Crippen LogP contribution in [0.25, 0.3) is 0 Å². The highest BCUT2D eigenvalue weighted by Gasteiger charge is 2.23. The second-order valence-corrected chi connectivity index (χ2v) is 6.54. The summed E-state index contributed by atoms with van der Waals surface area (Å²) in [6.07, 6.45) is 1.21. The molecule has 1 fully saturated rings. The summed E-state index contributed by atoms with van der Waals surface area (Å²) in [4.78, 5) is 2.52. The Hall–Kier alpha value is -0.280. The third-order valence-electron chi connectivity index (χ3n) is 3.60. The highest BCUT2D eigenvalue weighted by molar-refractivity contribution is 6.33. The SMILES string of the molecule is CC(C)CC1CNCCN1Cc1cc(Cl)ccc1Cl. The first kappa shape index (κ1) is 15.1. The highest BCUT2D eigenvalue weighted by Crippen LogP contribution is 2.24. The van der Waals surface area contributed by atoms with Crippen LogP contribution in [-0.2, 0) is 6.54 Å². The molecule has 2 rings (SSSR count). The molecular formula is C15H22Cl2N2. The lowest BCUT2D eigenvalue weighted by molar-refractivity contribution is 0.134. The van der Waals surface area contributed by atoms with Crippen LogP contribution in [0.2, 0.25) is 10.0 Å². The molecule has 1 N–H and O–H groups in total. The standard InChI is InChI=1S/C15H22Cl2N2/c1-11(2)7-14-9-18-5-6-19(14)10-12-8-13(16)3-4-15(12)17/h3-4,8,11,14,18H,5-7,9-10H2,1-2H3. The van der Waals surface area contributed by atoms with Crippen molar-refractivity contribution in [2.24, 2.45) is 5.92 Å². The fraction of sp³-hybridized carbons (Fsp3) is 0.600. The molecule has 1 aromatic rings. The number of rotatable bonds is 4. The maximum Gasteiger partial charge on any atom is 0.0452 e. The molecule has 1 atom stereocenters. The van der Waals surface area contributed by atoms with Gasteiger partial charge in [-0.05, 0) is 36.1 Å². The molecule has 2 nitrogen and oxygen atoms in total. The molecule has 1 unspecified atom stereocenters. The summed E-state index contributed by atoms with van der Waals surface area (Å²) in [7, 11) is 0. The molecule has 0 aromatic heterocycles. The largest absolute Gasteiger partial charge is 0.314 e. The van der Waals surface area contributed by atoms with Crippen molar-refractivity contribution in [1.29, 1.82) is 0 Å². The number of hydrogen-bond acceptors (Lipinski definition) is 2. The van der Waals surface area contributed by atoms with E-state index in [-0.39, 0.29) is 0 Å². The molecule has 0 aliphatic carbocycles. The van der Waals surface area contributed by atoms with Crippen molar-refractivity contribution < 1.29 is 0 Å². The number of nitrogens with one attached hydrogen (secondary N) is 1. The molecule has 0 saturated carbocycles. The van der Waals surface area contributed by atoms with Gasteiger partial charge in [0.25, 0.3) is 0 Å². The minimum atomic E-state index is 0.587. The Kier molecular flexibility index (Phi) is 5.52. The van der Waals surface area contributed by atoms with E-state index in [9.17, 15) is 0 Å². The van der Waals surface area contributed by atoms with Gasteiger partial charge in [0.05, 0.1) is 0 Å². The lowest BCUT2D eigenvalue weighted by Crippen LogP contribution is -2.51. The molecule has 1 aromatic carbocycles. The Morgan fingerprint density at radius 3 is 2.89 bits per heavy atom. The van der Waals surface area contributed by atoms with Crippen molar-refractivity contribution in [2.45, 2.75) is 32.9 Å². The molecule has 1 aliphatic rings. The zero-order valence-electron chi connectivity index (χ0n) is 11.6. The van der Waals surface area contributed by atoms with Crippen LogP contribution in [0, 0.1) is 5.92 Å². The Morgan fingerprint density at radius 2 is 2.16 bits per heavy atom. The molecule has 1 aliphatic heterocycles. The number of hydrogen-bond donors (Lipinski definition) is 1. The predicted octanol–water partition coefficient (Wildman–Crippen LogP) is 3.81. The van der Waals surface area contributed by atoms with Gasteiger partial charge in [0.15, 0.2) is 0 Å². The van der Waals surface area contributed by atoms with Gasteiger partial charge < -0.3 is 5.32 Å². The minimum absolute atomic E-state index is 0.587. The first-order chi connectivity index (χ1) is 9.06. The van der Waals surface area contributed by atoms with E-state index in [0.29, 0.717) is 12.0 Å². The normalized spacial score (nSPS) is 21.0. The number of piperazine rings is 1. The van der Waals surface area contributed by atoms with Crippen LogP contribution in [0.1, 0.15) is 25.8 Å². The average Bonchev–Trinajstić information content (AvgIpc) is 2.35. The second kappa shape index (κ2) is 6.94. The first-order valence-corrected chi connectivity index (χ1v) is 7.70. The monoisotopic (exact) mass is 300 g/mol. The van der Waals surface area contributed by atoms with E-state index in [0.717, 1.165) is 41.8 Å². The van der Waals surface area contributed by atoms with Crippen molar-refractivity contribution in [3.05, 3.63) is 33.8 Å². The topological polar surface area (TPSA) is 15.3 Å². The molecule has 4 heteroatoms. The van der Waals surface area contributed by atoms with E-state index in [1.807, 2.05) is 18.2 Å². The van der Waals surface area contributed by atoms with Crippen molar-refractivity contribution in [3.8, 4) is 0 Å². The Balaban J connectivity index is 2.08. The van der Waals surface area contributed by atoms with Gasteiger partial charge in [0.2, 0.25) is 0 Å². The Morgan fingerprint density at radius 1 is 1.37 bits per heavy atom. The third-order valence-corrected chi connectivity index (χ3v) is 4.20. The van der Waals surface area contributed by atoms with E-state index < -0.39 is 0 Å². The number of halogens is 2. The van der Waals surface area contributed by atoms with E-state index in [1.165, 1.54) is 6.42 Å². The van der Waals surface area contributed by atoms with Gasteiger partial charge in [-0.15, -0.1) is 0 Å². The van der Waals surface area contributed by atoms with E-state index in [4.69, 9.17) is 23.2 Å². The van der Waals surface area contributed by atoms with Gasteiger partial charge in [-0.2, -0.15) is 0 Å². The van der Waals surface area contributed by atoms with Crippen LogP contribution in [-0.4, -0.2) is 30.6 Å². The van der Waals surface area contributed by atoms with Gasteiger partial charge >= 0.3 is 0 Å². The number of nitrogens with zero attached hydrogens (tertiary/aromatic N) is 1. The van der Waals surface area contributed by atoms with Gasteiger partial charge in [-0.3, -0.25) is 4.90 Å². The first-order valence-electron chi connectivity index (χ1n) is 6.95. The Bertz CT molecular complexity index is 421. The van der Waals surface area contributed by atoms with Gasteiger partial charge in [-0.1, -0.05) is 37.0 Å². The van der Waals surface area contributed by atoms with E-state index in [1.54, 1.807) is 0 Å².